The first kappa shape index (κ1) is 21.2. The van der Waals surface area contributed by atoms with E-state index in [4.69, 9.17) is 9.47 Å². The lowest BCUT2D eigenvalue weighted by Gasteiger charge is -2.26. The third kappa shape index (κ3) is 6.26. The number of cyclic esters (lactones) is 1. The van der Waals surface area contributed by atoms with E-state index in [1.165, 1.54) is 0 Å². The van der Waals surface area contributed by atoms with Crippen LogP contribution in [0.3, 0.4) is 0 Å². The van der Waals surface area contributed by atoms with Crippen molar-refractivity contribution in [1.29, 1.82) is 0 Å². The van der Waals surface area contributed by atoms with E-state index in [9.17, 15) is 9.59 Å². The van der Waals surface area contributed by atoms with Crippen molar-refractivity contribution in [3.63, 3.8) is 0 Å². The molecule has 29 heavy (non-hydrogen) atoms. The monoisotopic (exact) mass is 413 g/mol. The highest BCUT2D eigenvalue weighted by Gasteiger charge is 2.40. The second-order valence-corrected chi connectivity index (χ2v) is 8.60. The fourth-order valence-electron chi connectivity index (χ4n) is 3.33. The average molecular weight is 414 g/mol. The van der Waals surface area contributed by atoms with Gasteiger partial charge in [0, 0.05) is 17.1 Å². The summed E-state index contributed by atoms with van der Waals surface area (Å²) in [6.45, 7) is 4.21. The molecular formula is C23H27NO4S. The maximum Gasteiger partial charge on any atom is 0.407 e. The highest BCUT2D eigenvalue weighted by atomic mass is 32.2. The van der Waals surface area contributed by atoms with Crippen LogP contribution in [0.15, 0.2) is 65.6 Å². The summed E-state index contributed by atoms with van der Waals surface area (Å²) >= 11 is 1.65. The summed E-state index contributed by atoms with van der Waals surface area (Å²) in [6.07, 6.45) is -0.237. The average Bonchev–Trinajstić information content (AvgIpc) is 3.10. The fourth-order valence-corrected chi connectivity index (χ4v) is 4.34. The van der Waals surface area contributed by atoms with Gasteiger partial charge in [-0.1, -0.05) is 62.4 Å². The summed E-state index contributed by atoms with van der Waals surface area (Å²) in [5.74, 6) is 0.414. The van der Waals surface area contributed by atoms with Gasteiger partial charge in [-0.05, 0) is 23.6 Å². The van der Waals surface area contributed by atoms with Gasteiger partial charge in [0.15, 0.2) is 0 Å². The van der Waals surface area contributed by atoms with E-state index in [2.05, 4.69) is 5.32 Å². The van der Waals surface area contributed by atoms with Crippen LogP contribution in [0.2, 0.25) is 0 Å². The number of ether oxygens (including phenoxy) is 2. The van der Waals surface area contributed by atoms with Crippen molar-refractivity contribution in [2.75, 3.05) is 5.75 Å². The van der Waals surface area contributed by atoms with Crippen LogP contribution in [-0.2, 0) is 20.9 Å². The topological polar surface area (TPSA) is 64.6 Å². The van der Waals surface area contributed by atoms with E-state index in [0.29, 0.717) is 12.2 Å². The number of esters is 1. The molecule has 3 rings (SSSR count). The summed E-state index contributed by atoms with van der Waals surface area (Å²) in [4.78, 5) is 25.8. The molecule has 1 saturated heterocycles. The van der Waals surface area contributed by atoms with Crippen molar-refractivity contribution < 1.29 is 19.1 Å². The Bertz CT molecular complexity index is 797. The zero-order valence-electron chi connectivity index (χ0n) is 16.7. The minimum Gasteiger partial charge on any atom is -0.460 e. The minimum absolute atomic E-state index is 0.109. The molecule has 2 aromatic rings. The molecule has 0 bridgehead atoms. The Morgan fingerprint density at radius 3 is 2.45 bits per heavy atom. The lowest BCUT2D eigenvalue weighted by atomic mass is 9.94. The molecule has 2 aromatic carbocycles. The van der Waals surface area contributed by atoms with Gasteiger partial charge in [-0.3, -0.25) is 4.79 Å². The summed E-state index contributed by atoms with van der Waals surface area (Å²) in [5.41, 5.74) is 0.925. The van der Waals surface area contributed by atoms with E-state index < -0.39 is 6.09 Å². The first-order valence-electron chi connectivity index (χ1n) is 9.88. The van der Waals surface area contributed by atoms with Gasteiger partial charge >= 0.3 is 12.1 Å². The molecule has 1 N–H and O–H groups in total. The van der Waals surface area contributed by atoms with E-state index in [-0.39, 0.29) is 36.6 Å². The molecule has 3 atom stereocenters. The normalized spacial score (nSPS) is 19.6. The van der Waals surface area contributed by atoms with Crippen molar-refractivity contribution in [2.45, 2.75) is 43.9 Å². The fraction of sp³-hybridized carbons (Fsp3) is 0.391. The number of benzene rings is 2. The number of nitrogens with one attached hydrogen (secondary N) is 1. The molecule has 0 aliphatic carbocycles. The summed E-state index contributed by atoms with van der Waals surface area (Å²) in [5, 5.41) is 2.90. The lowest BCUT2D eigenvalue weighted by molar-refractivity contribution is -0.145. The zero-order chi connectivity index (χ0) is 20.6. The first-order valence-corrected chi connectivity index (χ1v) is 10.9. The molecule has 1 aliphatic heterocycles. The molecule has 1 heterocycles. The number of hydrogen-bond donors (Lipinski definition) is 1. The molecule has 1 amide bonds. The van der Waals surface area contributed by atoms with Crippen LogP contribution < -0.4 is 5.32 Å². The number of rotatable bonds is 8. The molecule has 6 heteroatoms. The van der Waals surface area contributed by atoms with Crippen LogP contribution in [0.5, 0.6) is 0 Å². The van der Waals surface area contributed by atoms with Crippen molar-refractivity contribution in [1.82, 2.24) is 5.32 Å². The van der Waals surface area contributed by atoms with Gasteiger partial charge in [0.1, 0.15) is 12.7 Å². The molecule has 1 aliphatic rings. The van der Waals surface area contributed by atoms with Crippen molar-refractivity contribution in [3.8, 4) is 0 Å². The number of amides is 1. The molecule has 0 aromatic heterocycles. The minimum atomic E-state index is -0.495. The molecule has 1 fully saturated rings. The van der Waals surface area contributed by atoms with Crippen LogP contribution in [-0.4, -0.2) is 30.0 Å². The van der Waals surface area contributed by atoms with E-state index in [1.54, 1.807) is 11.8 Å². The van der Waals surface area contributed by atoms with Gasteiger partial charge in [-0.25, -0.2) is 4.79 Å². The molecule has 154 valence electrons. The molecule has 5 nitrogen and oxygen atoms in total. The molecule has 0 radical (unpaired) electrons. The molecular weight excluding hydrogens is 386 g/mol. The second-order valence-electron chi connectivity index (χ2n) is 7.51. The van der Waals surface area contributed by atoms with Gasteiger partial charge in [0.25, 0.3) is 0 Å². The van der Waals surface area contributed by atoms with E-state index in [1.807, 2.05) is 74.5 Å². The van der Waals surface area contributed by atoms with Gasteiger partial charge in [0.2, 0.25) is 0 Å². The largest absolute Gasteiger partial charge is 0.460 e. The van der Waals surface area contributed by atoms with Gasteiger partial charge < -0.3 is 14.8 Å². The van der Waals surface area contributed by atoms with Crippen molar-refractivity contribution >= 4 is 23.8 Å². The van der Waals surface area contributed by atoms with Crippen LogP contribution in [0.1, 0.15) is 25.8 Å². The van der Waals surface area contributed by atoms with E-state index in [0.717, 1.165) is 10.5 Å². The Labute approximate surface area is 176 Å². The highest BCUT2D eigenvalue weighted by Crippen LogP contribution is 2.31. The SMILES string of the molecule is CC(C)[C@H](NC(=O)OCc1ccccc1)[C@@H]1C[C@@H](CSc2ccccc2)C(=O)O1. The van der Waals surface area contributed by atoms with Crippen LogP contribution in [0.25, 0.3) is 0 Å². The van der Waals surface area contributed by atoms with Crippen molar-refractivity contribution in [2.24, 2.45) is 11.8 Å². The predicted molar refractivity (Wildman–Crippen MR) is 114 cm³/mol. The Morgan fingerprint density at radius 1 is 1.14 bits per heavy atom. The molecule has 0 unspecified atom stereocenters. The Balaban J connectivity index is 1.52. The zero-order valence-corrected chi connectivity index (χ0v) is 17.6. The number of thioether (sulfide) groups is 1. The predicted octanol–water partition coefficient (Wildman–Crippen LogP) is 4.66. The summed E-state index contributed by atoms with van der Waals surface area (Å²) in [7, 11) is 0. The highest BCUT2D eigenvalue weighted by molar-refractivity contribution is 7.99. The maximum atomic E-state index is 12.3. The Morgan fingerprint density at radius 2 is 1.79 bits per heavy atom. The van der Waals surface area contributed by atoms with E-state index >= 15 is 0 Å². The van der Waals surface area contributed by atoms with Crippen LogP contribution in [0.4, 0.5) is 4.79 Å². The molecule has 0 spiro atoms. The number of alkyl carbamates (subject to hydrolysis) is 1. The van der Waals surface area contributed by atoms with Gasteiger partial charge in [0.05, 0.1) is 12.0 Å². The number of carbonyl (C=O) groups is 2. The number of carbonyl (C=O) groups excluding carboxylic acids is 2. The smallest absolute Gasteiger partial charge is 0.407 e. The quantitative estimate of drug-likeness (QED) is 0.504. The Hall–Kier alpha value is -2.47. The molecule has 0 saturated carbocycles. The maximum absolute atomic E-state index is 12.3. The first-order chi connectivity index (χ1) is 14.0. The third-order valence-electron chi connectivity index (χ3n) is 4.93. The number of hydrogen-bond acceptors (Lipinski definition) is 5. The van der Waals surface area contributed by atoms with Gasteiger partial charge in [-0.2, -0.15) is 0 Å². The lowest BCUT2D eigenvalue weighted by Crippen LogP contribution is -2.46. The Kier molecular flexibility index (Phi) is 7.58. The van der Waals surface area contributed by atoms with Crippen LogP contribution in [0, 0.1) is 11.8 Å². The summed E-state index contributed by atoms with van der Waals surface area (Å²) in [6, 6.07) is 19.2. The van der Waals surface area contributed by atoms with Crippen molar-refractivity contribution in [3.05, 3.63) is 66.2 Å². The van der Waals surface area contributed by atoms with Crippen LogP contribution >= 0.6 is 11.8 Å². The summed E-state index contributed by atoms with van der Waals surface area (Å²) < 4.78 is 11.0. The third-order valence-corrected chi connectivity index (χ3v) is 6.10. The second kappa shape index (κ2) is 10.3. The standard InChI is InChI=1S/C23H27NO4S/c1-16(2)21(24-23(26)27-14-17-9-5-3-6-10-17)20-13-18(22(25)28-20)15-29-19-11-7-4-8-12-19/h3-12,16,18,20-21H,13-15H2,1-2H3,(H,24,26)/t18-,20-,21-/m0/s1. The van der Waals surface area contributed by atoms with Gasteiger partial charge in [-0.15, -0.1) is 11.8 Å².